The van der Waals surface area contributed by atoms with Crippen LogP contribution in [0.3, 0.4) is 0 Å². The van der Waals surface area contributed by atoms with Gasteiger partial charge in [0, 0.05) is 0 Å². The summed E-state index contributed by atoms with van der Waals surface area (Å²) < 4.78 is 0. The molecular weight excluding hydrogens is 208 g/mol. The highest BCUT2D eigenvalue weighted by Crippen LogP contribution is 2.32. The van der Waals surface area contributed by atoms with Crippen LogP contribution < -0.4 is 0 Å². The molecule has 0 rings (SSSR count). The SMILES string of the molecule is [CH2]CCCCC[Si](CCC)(CCC)CCC. The molecule has 1 radical (unpaired) electrons. The third-order valence-electron chi connectivity index (χ3n) is 3.80. The van der Waals surface area contributed by atoms with E-state index in [0.717, 1.165) is 6.42 Å². The van der Waals surface area contributed by atoms with E-state index in [1.807, 2.05) is 0 Å². The standard InChI is InChI=1S/C15H33Si/c1-5-9-10-11-15-16(12-6-2,13-7-3)14-8-4/h1,5-15H2,2-4H3. The van der Waals surface area contributed by atoms with Crippen LogP contribution in [-0.4, -0.2) is 8.07 Å². The average Bonchev–Trinajstić information content (AvgIpc) is 2.26. The van der Waals surface area contributed by atoms with E-state index in [-0.39, 0.29) is 0 Å². The molecule has 0 N–H and O–H groups in total. The predicted octanol–water partition coefficient (Wildman–Crippen LogP) is 6.06. The molecule has 0 spiro atoms. The molecule has 0 amide bonds. The Kier molecular flexibility index (Phi) is 10.5. The summed E-state index contributed by atoms with van der Waals surface area (Å²) in [6.07, 6.45) is 9.64. The summed E-state index contributed by atoms with van der Waals surface area (Å²) in [7, 11) is -0.866. The molecule has 0 aliphatic carbocycles. The van der Waals surface area contributed by atoms with Gasteiger partial charge in [-0.15, -0.1) is 0 Å². The summed E-state index contributed by atoms with van der Waals surface area (Å²) in [5.41, 5.74) is 0. The Labute approximate surface area is 105 Å². The predicted molar refractivity (Wildman–Crippen MR) is 79.7 cm³/mol. The molecule has 0 aliphatic heterocycles. The third-order valence-corrected chi connectivity index (χ3v) is 9.89. The maximum atomic E-state index is 3.94. The molecule has 0 atom stereocenters. The Morgan fingerprint density at radius 3 is 1.56 bits per heavy atom. The fraction of sp³-hybridized carbons (Fsp3) is 0.933. The minimum Gasteiger partial charge on any atom is -0.0657 e. The van der Waals surface area contributed by atoms with Gasteiger partial charge < -0.3 is 0 Å². The van der Waals surface area contributed by atoms with Gasteiger partial charge in [-0.3, -0.25) is 0 Å². The molecule has 0 nitrogen and oxygen atoms in total. The number of unbranched alkanes of at least 4 members (excludes halogenated alkanes) is 3. The van der Waals surface area contributed by atoms with Gasteiger partial charge in [0.15, 0.2) is 0 Å². The van der Waals surface area contributed by atoms with Crippen LogP contribution in [0.2, 0.25) is 24.2 Å². The van der Waals surface area contributed by atoms with Crippen molar-refractivity contribution in [1.82, 2.24) is 0 Å². The van der Waals surface area contributed by atoms with E-state index in [1.54, 1.807) is 24.2 Å². The Morgan fingerprint density at radius 1 is 0.688 bits per heavy atom. The normalized spacial score (nSPS) is 12.0. The molecule has 0 unspecified atom stereocenters. The van der Waals surface area contributed by atoms with Crippen molar-refractivity contribution < 1.29 is 0 Å². The first-order valence-corrected chi connectivity index (χ1v) is 10.4. The van der Waals surface area contributed by atoms with Gasteiger partial charge in [0.25, 0.3) is 0 Å². The van der Waals surface area contributed by atoms with Gasteiger partial charge in [-0.25, -0.2) is 0 Å². The van der Waals surface area contributed by atoms with Crippen molar-refractivity contribution in [3.05, 3.63) is 6.92 Å². The fourth-order valence-corrected chi connectivity index (χ4v) is 8.88. The van der Waals surface area contributed by atoms with Gasteiger partial charge in [0.1, 0.15) is 0 Å². The van der Waals surface area contributed by atoms with E-state index in [0.29, 0.717) is 0 Å². The molecule has 0 aromatic carbocycles. The van der Waals surface area contributed by atoms with E-state index < -0.39 is 8.07 Å². The van der Waals surface area contributed by atoms with Crippen LogP contribution in [0.4, 0.5) is 0 Å². The Bertz CT molecular complexity index is 125. The minimum atomic E-state index is -0.866. The lowest BCUT2D eigenvalue weighted by molar-refractivity contribution is 0.712. The summed E-state index contributed by atoms with van der Waals surface area (Å²) >= 11 is 0. The van der Waals surface area contributed by atoms with Gasteiger partial charge in [-0.05, 0) is 0 Å². The largest absolute Gasteiger partial charge is 0.0657 e. The summed E-state index contributed by atoms with van der Waals surface area (Å²) in [4.78, 5) is 0. The second-order valence-electron chi connectivity index (χ2n) is 5.41. The lowest BCUT2D eigenvalue weighted by Gasteiger charge is -2.31. The fourth-order valence-electron chi connectivity index (χ4n) is 3.19. The molecule has 0 saturated carbocycles. The van der Waals surface area contributed by atoms with Crippen molar-refractivity contribution in [3.63, 3.8) is 0 Å². The van der Waals surface area contributed by atoms with Crippen molar-refractivity contribution in [2.24, 2.45) is 0 Å². The van der Waals surface area contributed by atoms with E-state index in [2.05, 4.69) is 27.7 Å². The van der Waals surface area contributed by atoms with Crippen molar-refractivity contribution in [1.29, 1.82) is 0 Å². The van der Waals surface area contributed by atoms with E-state index >= 15 is 0 Å². The lowest BCUT2D eigenvalue weighted by atomic mass is 10.2. The zero-order valence-corrected chi connectivity index (χ0v) is 13.0. The van der Waals surface area contributed by atoms with E-state index in [9.17, 15) is 0 Å². The molecule has 97 valence electrons. The number of rotatable bonds is 11. The smallest absolute Gasteiger partial charge is 0.0535 e. The maximum absolute atomic E-state index is 3.94. The zero-order chi connectivity index (χ0) is 12.3. The van der Waals surface area contributed by atoms with Gasteiger partial charge in [0.05, 0.1) is 8.07 Å². The second-order valence-corrected chi connectivity index (χ2v) is 10.4. The van der Waals surface area contributed by atoms with Gasteiger partial charge in [-0.2, -0.15) is 0 Å². The molecular formula is C15H33Si. The van der Waals surface area contributed by atoms with E-state index in [1.165, 1.54) is 38.5 Å². The molecule has 0 bridgehead atoms. The highest BCUT2D eigenvalue weighted by molar-refractivity contribution is 6.79. The first kappa shape index (κ1) is 16.2. The third kappa shape index (κ3) is 6.73. The van der Waals surface area contributed by atoms with Crippen LogP contribution in [-0.2, 0) is 0 Å². The van der Waals surface area contributed by atoms with Crippen molar-refractivity contribution >= 4 is 8.07 Å². The monoisotopic (exact) mass is 241 g/mol. The lowest BCUT2D eigenvalue weighted by Crippen LogP contribution is -2.33. The highest BCUT2D eigenvalue weighted by atomic mass is 28.3. The van der Waals surface area contributed by atoms with Gasteiger partial charge in [0.2, 0.25) is 0 Å². The maximum Gasteiger partial charge on any atom is 0.0535 e. The zero-order valence-electron chi connectivity index (χ0n) is 12.0. The topological polar surface area (TPSA) is 0 Å². The Morgan fingerprint density at radius 2 is 1.19 bits per heavy atom. The quantitative estimate of drug-likeness (QED) is 0.305. The van der Waals surface area contributed by atoms with Crippen LogP contribution in [0, 0.1) is 6.92 Å². The molecule has 0 fully saturated rings. The van der Waals surface area contributed by atoms with Gasteiger partial charge >= 0.3 is 0 Å². The molecule has 0 heterocycles. The summed E-state index contributed by atoms with van der Waals surface area (Å²) in [6, 6.07) is 6.35. The Balaban J connectivity index is 4.12. The molecule has 0 aromatic heterocycles. The van der Waals surface area contributed by atoms with Crippen LogP contribution in [0.5, 0.6) is 0 Å². The van der Waals surface area contributed by atoms with Crippen LogP contribution in [0.25, 0.3) is 0 Å². The first-order chi connectivity index (χ1) is 7.74. The first-order valence-electron chi connectivity index (χ1n) is 7.54. The van der Waals surface area contributed by atoms with Crippen molar-refractivity contribution in [2.45, 2.75) is 89.9 Å². The molecule has 16 heavy (non-hydrogen) atoms. The summed E-state index contributed by atoms with van der Waals surface area (Å²) in [5.74, 6) is 0. The van der Waals surface area contributed by atoms with Gasteiger partial charge in [-0.1, -0.05) is 96.8 Å². The molecule has 1 heteroatoms. The second kappa shape index (κ2) is 10.4. The Hall–Kier alpha value is 0.217. The van der Waals surface area contributed by atoms with Crippen molar-refractivity contribution in [3.8, 4) is 0 Å². The molecule has 0 aromatic rings. The number of hydrogen-bond donors (Lipinski definition) is 0. The van der Waals surface area contributed by atoms with E-state index in [4.69, 9.17) is 0 Å². The van der Waals surface area contributed by atoms with Crippen LogP contribution in [0.1, 0.15) is 65.7 Å². The highest BCUT2D eigenvalue weighted by Gasteiger charge is 2.28. The molecule has 0 aliphatic rings. The summed E-state index contributed by atoms with van der Waals surface area (Å²) in [5, 5.41) is 0. The summed E-state index contributed by atoms with van der Waals surface area (Å²) in [6.45, 7) is 11.1. The minimum absolute atomic E-state index is 0.866. The molecule has 0 saturated heterocycles. The van der Waals surface area contributed by atoms with Crippen molar-refractivity contribution in [2.75, 3.05) is 0 Å². The number of hydrogen-bond acceptors (Lipinski definition) is 0. The average molecular weight is 242 g/mol. The van der Waals surface area contributed by atoms with Crippen LogP contribution >= 0.6 is 0 Å². The van der Waals surface area contributed by atoms with Crippen LogP contribution in [0.15, 0.2) is 0 Å².